The number of nitrogens with zero attached hydrogens (tertiary/aromatic N) is 2. The molecular formula is C19H16N4O2S. The lowest BCUT2D eigenvalue weighted by Crippen LogP contribution is -2.26. The molecule has 1 aliphatic rings. The summed E-state index contributed by atoms with van der Waals surface area (Å²) in [7, 11) is 0. The van der Waals surface area contributed by atoms with E-state index < -0.39 is 0 Å². The van der Waals surface area contributed by atoms with Crippen molar-refractivity contribution in [1.82, 2.24) is 9.55 Å². The highest BCUT2D eigenvalue weighted by Crippen LogP contribution is 2.36. The molecule has 0 fully saturated rings. The van der Waals surface area contributed by atoms with Crippen LogP contribution in [0.2, 0.25) is 0 Å². The Kier molecular flexibility index (Phi) is 4.22. The van der Waals surface area contributed by atoms with Gasteiger partial charge in [0.25, 0.3) is 5.91 Å². The van der Waals surface area contributed by atoms with Crippen molar-refractivity contribution >= 4 is 35.0 Å². The smallest absolute Gasteiger partial charge is 0.255 e. The van der Waals surface area contributed by atoms with Crippen LogP contribution in [0, 0.1) is 0 Å². The van der Waals surface area contributed by atoms with Gasteiger partial charge < -0.3 is 15.2 Å². The maximum absolute atomic E-state index is 12.5. The number of hydrogen-bond acceptors (Lipinski definition) is 4. The van der Waals surface area contributed by atoms with Crippen molar-refractivity contribution in [2.24, 2.45) is 0 Å². The molecule has 0 bridgehead atoms. The van der Waals surface area contributed by atoms with Crippen molar-refractivity contribution < 1.29 is 9.59 Å². The number of fused-ring (bicyclic) bond motifs is 1. The Hall–Kier alpha value is -3.06. The van der Waals surface area contributed by atoms with Crippen LogP contribution in [0.1, 0.15) is 17.3 Å². The number of rotatable bonds is 3. The first kappa shape index (κ1) is 16.4. The van der Waals surface area contributed by atoms with E-state index in [1.807, 2.05) is 48.0 Å². The summed E-state index contributed by atoms with van der Waals surface area (Å²) in [4.78, 5) is 29.3. The number of carbonyl (C=O) groups is 2. The fourth-order valence-corrected chi connectivity index (χ4v) is 3.61. The predicted molar refractivity (Wildman–Crippen MR) is 102 cm³/mol. The summed E-state index contributed by atoms with van der Waals surface area (Å²) < 4.78 is 1.89. The van der Waals surface area contributed by atoms with Crippen LogP contribution < -0.4 is 10.6 Å². The number of carbonyl (C=O) groups excluding carboxylic acids is 2. The quantitative estimate of drug-likeness (QED) is 0.745. The summed E-state index contributed by atoms with van der Waals surface area (Å²) in [5.74, 6) is -0.267. The third kappa shape index (κ3) is 3.21. The zero-order chi connectivity index (χ0) is 18.1. The average molecular weight is 364 g/mol. The van der Waals surface area contributed by atoms with Gasteiger partial charge in [-0.2, -0.15) is 0 Å². The lowest BCUT2D eigenvalue weighted by atomic mass is 10.1. The number of nitrogens with one attached hydrogen (secondary N) is 2. The molecule has 2 aromatic carbocycles. The standard InChI is InChI=1S/C19H16N4O2S/c1-12-18(24)22-16-10-13(2-7-17(16)26-12)19(25)21-14-3-5-15(6-4-14)23-9-8-20-11-23/h2-12H,1H3,(H,21,25)(H,22,24). The highest BCUT2D eigenvalue weighted by atomic mass is 32.2. The van der Waals surface area contributed by atoms with Gasteiger partial charge in [-0.05, 0) is 49.4 Å². The largest absolute Gasteiger partial charge is 0.324 e. The molecule has 130 valence electrons. The second-order valence-corrected chi connectivity index (χ2v) is 7.31. The maximum atomic E-state index is 12.5. The average Bonchev–Trinajstić information content (AvgIpc) is 3.17. The highest BCUT2D eigenvalue weighted by molar-refractivity contribution is 8.00. The maximum Gasteiger partial charge on any atom is 0.255 e. The molecule has 1 aliphatic heterocycles. The summed E-state index contributed by atoms with van der Waals surface area (Å²) >= 11 is 1.49. The van der Waals surface area contributed by atoms with Gasteiger partial charge in [0, 0.05) is 34.2 Å². The van der Waals surface area contributed by atoms with Gasteiger partial charge in [0.1, 0.15) is 0 Å². The van der Waals surface area contributed by atoms with E-state index in [2.05, 4.69) is 15.6 Å². The minimum atomic E-state index is -0.221. The van der Waals surface area contributed by atoms with Gasteiger partial charge in [-0.1, -0.05) is 0 Å². The Labute approximate surface area is 154 Å². The summed E-state index contributed by atoms with van der Waals surface area (Å²) in [6.07, 6.45) is 5.28. The number of hydrogen-bond donors (Lipinski definition) is 2. The van der Waals surface area contributed by atoms with Crippen LogP contribution in [0.5, 0.6) is 0 Å². The summed E-state index contributed by atoms with van der Waals surface area (Å²) in [5, 5.41) is 5.59. The van der Waals surface area contributed by atoms with Gasteiger partial charge >= 0.3 is 0 Å². The van der Waals surface area contributed by atoms with E-state index in [-0.39, 0.29) is 17.1 Å². The Morgan fingerprint density at radius 3 is 2.77 bits per heavy atom. The molecule has 0 saturated heterocycles. The molecular weight excluding hydrogens is 348 g/mol. The molecule has 3 aromatic rings. The SMILES string of the molecule is CC1Sc2ccc(C(=O)Nc3ccc(-n4ccnc4)cc3)cc2NC1=O. The Morgan fingerprint density at radius 1 is 1.23 bits per heavy atom. The number of aromatic nitrogens is 2. The molecule has 1 aromatic heterocycles. The molecule has 2 heterocycles. The minimum Gasteiger partial charge on any atom is -0.324 e. The van der Waals surface area contributed by atoms with Crippen molar-refractivity contribution in [3.63, 3.8) is 0 Å². The zero-order valence-corrected chi connectivity index (χ0v) is 14.8. The summed E-state index contributed by atoms with van der Waals surface area (Å²) in [6, 6.07) is 12.8. The third-order valence-corrected chi connectivity index (χ3v) is 5.28. The van der Waals surface area contributed by atoms with Crippen molar-refractivity contribution in [1.29, 1.82) is 0 Å². The van der Waals surface area contributed by atoms with Crippen LogP contribution in [-0.4, -0.2) is 26.6 Å². The van der Waals surface area contributed by atoms with Gasteiger partial charge in [-0.3, -0.25) is 9.59 Å². The molecule has 1 unspecified atom stereocenters. The second kappa shape index (κ2) is 6.68. The van der Waals surface area contributed by atoms with Gasteiger partial charge in [0.05, 0.1) is 17.3 Å². The Balaban J connectivity index is 1.50. The van der Waals surface area contributed by atoms with Crippen molar-refractivity contribution in [2.45, 2.75) is 17.1 Å². The van der Waals surface area contributed by atoms with Crippen LogP contribution in [-0.2, 0) is 4.79 Å². The van der Waals surface area contributed by atoms with E-state index in [9.17, 15) is 9.59 Å². The van der Waals surface area contributed by atoms with Gasteiger partial charge in [0.2, 0.25) is 5.91 Å². The van der Waals surface area contributed by atoms with E-state index in [4.69, 9.17) is 0 Å². The molecule has 2 amide bonds. The van der Waals surface area contributed by atoms with E-state index in [1.54, 1.807) is 24.7 Å². The van der Waals surface area contributed by atoms with E-state index in [0.29, 0.717) is 16.9 Å². The second-order valence-electron chi connectivity index (χ2n) is 5.93. The van der Waals surface area contributed by atoms with Crippen LogP contribution in [0.3, 0.4) is 0 Å². The molecule has 0 aliphatic carbocycles. The van der Waals surface area contributed by atoms with E-state index in [1.165, 1.54) is 11.8 Å². The Morgan fingerprint density at radius 2 is 2.04 bits per heavy atom. The van der Waals surface area contributed by atoms with Gasteiger partial charge in [-0.15, -0.1) is 11.8 Å². The highest BCUT2D eigenvalue weighted by Gasteiger charge is 2.23. The monoisotopic (exact) mass is 364 g/mol. The van der Waals surface area contributed by atoms with Crippen LogP contribution in [0.25, 0.3) is 5.69 Å². The van der Waals surface area contributed by atoms with Crippen LogP contribution >= 0.6 is 11.8 Å². The summed E-state index contributed by atoms with van der Waals surface area (Å²) in [6.45, 7) is 1.86. The van der Waals surface area contributed by atoms with E-state index >= 15 is 0 Å². The number of thioether (sulfide) groups is 1. The first-order valence-electron chi connectivity index (χ1n) is 8.11. The molecule has 7 heteroatoms. The predicted octanol–water partition coefficient (Wildman–Crippen LogP) is 3.56. The molecule has 0 spiro atoms. The number of imidazole rings is 1. The fraction of sp³-hybridized carbons (Fsp3) is 0.105. The normalized spacial score (nSPS) is 15.9. The van der Waals surface area contributed by atoms with Crippen LogP contribution in [0.4, 0.5) is 11.4 Å². The number of amides is 2. The molecule has 1 atom stereocenters. The van der Waals surface area contributed by atoms with Gasteiger partial charge in [-0.25, -0.2) is 4.98 Å². The van der Waals surface area contributed by atoms with Crippen molar-refractivity contribution in [2.75, 3.05) is 10.6 Å². The number of anilines is 2. The molecule has 0 radical (unpaired) electrons. The molecule has 4 rings (SSSR count). The molecule has 6 nitrogen and oxygen atoms in total. The van der Waals surface area contributed by atoms with Gasteiger partial charge in [0.15, 0.2) is 0 Å². The first-order valence-corrected chi connectivity index (χ1v) is 8.99. The van der Waals surface area contributed by atoms with E-state index in [0.717, 1.165) is 10.6 Å². The molecule has 2 N–H and O–H groups in total. The first-order chi connectivity index (χ1) is 12.6. The summed E-state index contributed by atoms with van der Waals surface area (Å²) in [5.41, 5.74) is 2.84. The van der Waals surface area contributed by atoms with Crippen molar-refractivity contribution in [3.05, 3.63) is 66.7 Å². The Bertz CT molecular complexity index is 968. The lowest BCUT2D eigenvalue weighted by molar-refractivity contribution is -0.115. The van der Waals surface area contributed by atoms with Crippen LogP contribution in [0.15, 0.2) is 66.1 Å². The molecule has 0 saturated carbocycles. The third-order valence-electron chi connectivity index (χ3n) is 4.10. The number of benzene rings is 2. The topological polar surface area (TPSA) is 76.0 Å². The van der Waals surface area contributed by atoms with Crippen molar-refractivity contribution in [3.8, 4) is 5.69 Å². The fourth-order valence-electron chi connectivity index (χ4n) is 2.68. The molecule has 26 heavy (non-hydrogen) atoms. The zero-order valence-electron chi connectivity index (χ0n) is 14.0. The minimum absolute atomic E-state index is 0.0462. The lowest BCUT2D eigenvalue weighted by Gasteiger charge is -2.21.